The van der Waals surface area contributed by atoms with Crippen molar-refractivity contribution in [1.29, 1.82) is 0 Å². The molecule has 0 fully saturated rings. The van der Waals surface area contributed by atoms with Gasteiger partial charge in [0.05, 0.1) is 11.1 Å². The minimum atomic E-state index is -2.41. The van der Waals surface area contributed by atoms with Gasteiger partial charge >= 0.3 is 0 Å². The van der Waals surface area contributed by atoms with Crippen molar-refractivity contribution in [3.05, 3.63) is 52.1 Å². The first-order valence-electron chi connectivity index (χ1n) is 7.74. The van der Waals surface area contributed by atoms with Gasteiger partial charge in [-0.3, -0.25) is 0 Å². The highest BCUT2D eigenvalue weighted by Gasteiger charge is 2.36. The molecule has 0 saturated carbocycles. The van der Waals surface area contributed by atoms with Crippen LogP contribution in [0.15, 0.2) is 0 Å². The minimum absolute atomic E-state index is 1.05. The second-order valence-corrected chi connectivity index (χ2v) is 6.24. The fourth-order valence-corrected chi connectivity index (χ4v) is 2.35. The minimum Gasteiger partial charge on any atom is -0.503 e. The van der Waals surface area contributed by atoms with Crippen molar-refractivity contribution in [3.8, 4) is 16.9 Å². The topological polar surface area (TPSA) is 20.2 Å². The Morgan fingerprint density at radius 3 is 1.04 bits per heavy atom. The molecule has 9 heteroatoms. The maximum Gasteiger partial charge on any atom is 0.204 e. The molecule has 2 aromatic rings. The summed E-state index contributed by atoms with van der Waals surface area (Å²) in [6.07, 6.45) is 0. The molecule has 1 nitrogen and oxygen atoms in total. The molecule has 0 unspecified atom stereocenters. The summed E-state index contributed by atoms with van der Waals surface area (Å²) < 4.78 is 111. The summed E-state index contributed by atoms with van der Waals surface area (Å²) in [5, 5.41) is 8.87. The van der Waals surface area contributed by atoms with Crippen molar-refractivity contribution in [2.75, 3.05) is 0 Å². The molecule has 27 heavy (non-hydrogen) atoms. The molecule has 2 aromatic carbocycles. The Morgan fingerprint density at radius 2 is 0.778 bits per heavy atom. The molecular formula is C18H16F8O. The van der Waals surface area contributed by atoms with Crippen molar-refractivity contribution in [3.63, 3.8) is 0 Å². The Labute approximate surface area is 150 Å². The average molecular weight is 400 g/mol. The standard InChI is InChI=1S/C16H10F8O.C2H6/c1-16(2,3)6-11(21)7(17)4(8(18)12(6)22)5-9(19)13(23)15(25)14(24)10(5)20;1-2/h25H,1-3H3;1-2H3. The van der Waals surface area contributed by atoms with Crippen LogP contribution in [0, 0.1) is 46.5 Å². The zero-order valence-corrected chi connectivity index (χ0v) is 15.0. The van der Waals surface area contributed by atoms with E-state index in [2.05, 4.69) is 0 Å². The highest BCUT2D eigenvalue weighted by atomic mass is 19.2. The summed E-state index contributed by atoms with van der Waals surface area (Å²) in [7, 11) is 0. The van der Waals surface area contributed by atoms with Gasteiger partial charge in [0.15, 0.2) is 40.7 Å². The number of rotatable bonds is 1. The van der Waals surface area contributed by atoms with Crippen LogP contribution in [-0.2, 0) is 5.41 Å². The van der Waals surface area contributed by atoms with E-state index in [1.165, 1.54) is 20.8 Å². The lowest BCUT2D eigenvalue weighted by molar-refractivity contribution is 0.357. The lowest BCUT2D eigenvalue weighted by Crippen LogP contribution is -2.20. The molecule has 0 heterocycles. The first-order chi connectivity index (χ1) is 12.3. The van der Waals surface area contributed by atoms with E-state index >= 15 is 0 Å². The van der Waals surface area contributed by atoms with E-state index in [0.29, 0.717) is 0 Å². The molecule has 2 rings (SSSR count). The Morgan fingerprint density at radius 1 is 0.519 bits per heavy atom. The van der Waals surface area contributed by atoms with Gasteiger partial charge in [-0.15, -0.1) is 0 Å². The zero-order chi connectivity index (χ0) is 21.4. The van der Waals surface area contributed by atoms with Crippen LogP contribution in [0.1, 0.15) is 40.2 Å². The van der Waals surface area contributed by atoms with E-state index in [9.17, 15) is 35.1 Å². The maximum absolute atomic E-state index is 14.2. The summed E-state index contributed by atoms with van der Waals surface area (Å²) in [5.41, 5.74) is -6.46. The third-order valence-electron chi connectivity index (χ3n) is 3.50. The van der Waals surface area contributed by atoms with E-state index in [0.717, 1.165) is 0 Å². The third-order valence-corrected chi connectivity index (χ3v) is 3.50. The van der Waals surface area contributed by atoms with Crippen LogP contribution < -0.4 is 0 Å². The molecular weight excluding hydrogens is 384 g/mol. The summed E-state index contributed by atoms with van der Waals surface area (Å²) >= 11 is 0. The fourth-order valence-electron chi connectivity index (χ4n) is 2.35. The summed E-state index contributed by atoms with van der Waals surface area (Å²) in [5.74, 6) is -20.0. The van der Waals surface area contributed by atoms with Gasteiger partial charge in [-0.1, -0.05) is 34.6 Å². The molecule has 0 aliphatic rings. The number of halogens is 8. The number of phenols is 1. The third kappa shape index (κ3) is 3.59. The lowest BCUT2D eigenvalue weighted by atomic mass is 9.84. The molecule has 0 atom stereocenters. The Kier molecular flexibility index (Phi) is 6.51. The van der Waals surface area contributed by atoms with E-state index in [4.69, 9.17) is 5.11 Å². The largest absolute Gasteiger partial charge is 0.503 e. The molecule has 0 aliphatic carbocycles. The highest BCUT2D eigenvalue weighted by Crippen LogP contribution is 2.41. The van der Waals surface area contributed by atoms with Crippen LogP contribution in [0.5, 0.6) is 5.75 Å². The number of hydrogen-bond acceptors (Lipinski definition) is 1. The van der Waals surface area contributed by atoms with E-state index in [1.54, 1.807) is 0 Å². The van der Waals surface area contributed by atoms with Crippen LogP contribution in [0.2, 0.25) is 0 Å². The molecule has 0 spiro atoms. The SMILES string of the molecule is CC.CC(C)(C)c1c(F)c(F)c(-c2c(F)c(F)c(O)c(F)c2F)c(F)c1F. The van der Waals surface area contributed by atoms with Gasteiger partial charge in [0.2, 0.25) is 11.6 Å². The van der Waals surface area contributed by atoms with Crippen molar-refractivity contribution in [2.45, 2.75) is 40.0 Å². The molecule has 0 aliphatic heterocycles. The van der Waals surface area contributed by atoms with E-state index < -0.39 is 74.4 Å². The second-order valence-electron chi connectivity index (χ2n) is 6.24. The van der Waals surface area contributed by atoms with Gasteiger partial charge in [-0.05, 0) is 5.41 Å². The molecule has 150 valence electrons. The molecule has 0 saturated heterocycles. The zero-order valence-electron chi connectivity index (χ0n) is 15.0. The van der Waals surface area contributed by atoms with Gasteiger partial charge < -0.3 is 5.11 Å². The number of hydrogen-bond donors (Lipinski definition) is 1. The smallest absolute Gasteiger partial charge is 0.204 e. The molecule has 0 amide bonds. The molecule has 0 radical (unpaired) electrons. The lowest BCUT2D eigenvalue weighted by Gasteiger charge is -2.22. The van der Waals surface area contributed by atoms with E-state index in [1.807, 2.05) is 13.8 Å². The number of benzene rings is 2. The van der Waals surface area contributed by atoms with Crippen LogP contribution in [0.3, 0.4) is 0 Å². The maximum atomic E-state index is 14.2. The van der Waals surface area contributed by atoms with Crippen LogP contribution in [0.25, 0.3) is 11.1 Å². The van der Waals surface area contributed by atoms with Crippen molar-refractivity contribution in [1.82, 2.24) is 0 Å². The molecule has 1 N–H and O–H groups in total. The van der Waals surface area contributed by atoms with Crippen molar-refractivity contribution in [2.24, 2.45) is 0 Å². The van der Waals surface area contributed by atoms with Gasteiger partial charge in [0, 0.05) is 5.56 Å². The fraction of sp³-hybridized carbons (Fsp3) is 0.333. The van der Waals surface area contributed by atoms with Crippen molar-refractivity contribution >= 4 is 0 Å². The predicted molar refractivity (Wildman–Crippen MR) is 83.3 cm³/mol. The van der Waals surface area contributed by atoms with Crippen LogP contribution in [-0.4, -0.2) is 5.11 Å². The monoisotopic (exact) mass is 400 g/mol. The summed E-state index contributed by atoms with van der Waals surface area (Å²) in [6.45, 7) is 7.65. The van der Waals surface area contributed by atoms with Crippen LogP contribution >= 0.6 is 0 Å². The first kappa shape index (κ1) is 22.7. The number of phenolic OH excluding ortho intramolecular Hbond substituents is 1. The van der Waals surface area contributed by atoms with Crippen LogP contribution in [0.4, 0.5) is 35.1 Å². The number of aromatic hydroxyl groups is 1. The second kappa shape index (κ2) is 7.74. The van der Waals surface area contributed by atoms with Gasteiger partial charge in [0.25, 0.3) is 0 Å². The molecule has 0 aromatic heterocycles. The summed E-state index contributed by atoms with van der Waals surface area (Å²) in [6, 6.07) is 0. The van der Waals surface area contributed by atoms with Gasteiger partial charge in [-0.25, -0.2) is 26.3 Å². The Balaban J connectivity index is 0.00000176. The van der Waals surface area contributed by atoms with Gasteiger partial charge in [-0.2, -0.15) is 8.78 Å². The van der Waals surface area contributed by atoms with E-state index in [-0.39, 0.29) is 0 Å². The summed E-state index contributed by atoms with van der Waals surface area (Å²) in [4.78, 5) is 0. The highest BCUT2D eigenvalue weighted by molar-refractivity contribution is 5.69. The quantitative estimate of drug-likeness (QED) is 0.428. The van der Waals surface area contributed by atoms with Crippen molar-refractivity contribution < 1.29 is 40.2 Å². The Hall–Kier alpha value is -2.32. The van der Waals surface area contributed by atoms with Gasteiger partial charge in [0.1, 0.15) is 0 Å². The average Bonchev–Trinajstić information content (AvgIpc) is 2.60. The Bertz CT molecular complexity index is 826. The normalized spacial score (nSPS) is 11.3. The first-order valence-corrected chi connectivity index (χ1v) is 7.74. The predicted octanol–water partition coefficient (Wildman–Crippen LogP) is 6.50. The molecule has 0 bridgehead atoms.